The number of aryl methyl sites for hydroxylation is 1. The molecule has 2 aromatic carbocycles. The maximum Gasteiger partial charge on any atom is 0.255 e. The fourth-order valence-corrected chi connectivity index (χ4v) is 3.58. The van der Waals surface area contributed by atoms with Crippen LogP contribution in [0.2, 0.25) is 0 Å². The highest BCUT2D eigenvalue weighted by Crippen LogP contribution is 2.37. The fourth-order valence-electron chi connectivity index (χ4n) is 3.38. The number of rotatable bonds is 9. The molecule has 1 heterocycles. The lowest BCUT2D eigenvalue weighted by Crippen LogP contribution is -2.34. The van der Waals surface area contributed by atoms with Gasteiger partial charge < -0.3 is 30.2 Å². The predicted octanol–water partition coefficient (Wildman–Crippen LogP) is 4.51. The van der Waals surface area contributed by atoms with Crippen LogP contribution in [0.5, 0.6) is 11.5 Å². The zero-order valence-corrected chi connectivity index (χ0v) is 19.6. The Morgan fingerprint density at radius 3 is 2.25 bits per heavy atom. The molecular weight excluding hydrogens is 426 g/mol. The average Bonchev–Trinajstić information content (AvgIpc) is 3.29. The summed E-state index contributed by atoms with van der Waals surface area (Å²) in [7, 11) is 0. The van der Waals surface area contributed by atoms with Crippen LogP contribution in [0.3, 0.4) is 0 Å². The molecule has 0 saturated carbocycles. The first-order valence-electron chi connectivity index (χ1n) is 11.0. The van der Waals surface area contributed by atoms with Gasteiger partial charge in [0.2, 0.25) is 0 Å². The van der Waals surface area contributed by atoms with E-state index in [0.717, 1.165) is 25.0 Å². The van der Waals surface area contributed by atoms with Crippen molar-refractivity contribution in [2.75, 3.05) is 37.0 Å². The van der Waals surface area contributed by atoms with E-state index >= 15 is 0 Å². The molecule has 0 bridgehead atoms. The lowest BCUT2D eigenvalue weighted by Gasteiger charge is -2.19. The Morgan fingerprint density at radius 1 is 1.06 bits per heavy atom. The van der Waals surface area contributed by atoms with E-state index < -0.39 is 0 Å². The first kappa shape index (κ1) is 23.8. The molecule has 0 unspecified atom stereocenters. The van der Waals surface area contributed by atoms with Gasteiger partial charge in [-0.15, -0.1) is 0 Å². The standard InChI is InChI=1S/C24H31N3O4S/c1-4-29-21-14-20(27-24(32)25-15-18-7-6-12-31-18)22(30-5-2)13-19(21)26-23(28)17-10-8-16(3)9-11-17/h8-11,13-14,18H,4-7,12,15H2,1-3H3,(H,26,28)(H2,25,27,32)/t18-/m1/s1. The summed E-state index contributed by atoms with van der Waals surface area (Å²) >= 11 is 5.46. The van der Waals surface area contributed by atoms with Crippen LogP contribution in [0.4, 0.5) is 11.4 Å². The molecule has 1 saturated heterocycles. The molecule has 1 aliphatic rings. The molecule has 7 nitrogen and oxygen atoms in total. The quantitative estimate of drug-likeness (QED) is 0.478. The van der Waals surface area contributed by atoms with Crippen molar-refractivity contribution >= 4 is 34.6 Å². The maximum atomic E-state index is 12.8. The third-order valence-electron chi connectivity index (χ3n) is 5.01. The van der Waals surface area contributed by atoms with Gasteiger partial charge in [0, 0.05) is 30.8 Å². The second-order valence-corrected chi connectivity index (χ2v) is 7.91. The van der Waals surface area contributed by atoms with Crippen LogP contribution in [0, 0.1) is 6.92 Å². The van der Waals surface area contributed by atoms with Crippen LogP contribution >= 0.6 is 12.2 Å². The summed E-state index contributed by atoms with van der Waals surface area (Å²) in [6.45, 7) is 8.14. The number of carbonyl (C=O) groups excluding carboxylic acids is 1. The molecular formula is C24H31N3O4S. The van der Waals surface area contributed by atoms with Gasteiger partial charge in [0.05, 0.1) is 30.7 Å². The van der Waals surface area contributed by atoms with Gasteiger partial charge >= 0.3 is 0 Å². The minimum absolute atomic E-state index is 0.180. The summed E-state index contributed by atoms with van der Waals surface area (Å²) in [6, 6.07) is 10.9. The van der Waals surface area contributed by atoms with Crippen LogP contribution in [0.25, 0.3) is 0 Å². The summed E-state index contributed by atoms with van der Waals surface area (Å²) in [5.41, 5.74) is 2.85. The predicted molar refractivity (Wildman–Crippen MR) is 131 cm³/mol. The van der Waals surface area contributed by atoms with Crippen molar-refractivity contribution in [2.24, 2.45) is 0 Å². The minimum Gasteiger partial charge on any atom is -0.492 e. The molecule has 32 heavy (non-hydrogen) atoms. The molecule has 3 rings (SSSR count). The molecule has 0 spiro atoms. The molecule has 3 N–H and O–H groups in total. The van der Waals surface area contributed by atoms with Crippen molar-refractivity contribution in [3.8, 4) is 11.5 Å². The summed E-state index contributed by atoms with van der Waals surface area (Å²) in [4.78, 5) is 12.8. The molecule has 0 radical (unpaired) electrons. The van der Waals surface area contributed by atoms with Gasteiger partial charge in [0.1, 0.15) is 11.5 Å². The Hall–Kier alpha value is -2.84. The largest absolute Gasteiger partial charge is 0.492 e. The van der Waals surface area contributed by atoms with Gasteiger partial charge in [-0.3, -0.25) is 4.79 Å². The Morgan fingerprint density at radius 2 is 1.69 bits per heavy atom. The summed E-state index contributed by atoms with van der Waals surface area (Å²) < 4.78 is 17.2. The lowest BCUT2D eigenvalue weighted by molar-refractivity contribution is 0.102. The van der Waals surface area contributed by atoms with Gasteiger partial charge in [0.25, 0.3) is 5.91 Å². The van der Waals surface area contributed by atoms with Gasteiger partial charge in [-0.2, -0.15) is 0 Å². The number of carbonyl (C=O) groups is 1. The van der Waals surface area contributed by atoms with Crippen molar-refractivity contribution in [2.45, 2.75) is 39.7 Å². The summed E-state index contributed by atoms with van der Waals surface area (Å²) in [5, 5.41) is 9.79. The molecule has 1 atom stereocenters. The summed E-state index contributed by atoms with van der Waals surface area (Å²) in [5.74, 6) is 0.875. The van der Waals surface area contributed by atoms with E-state index in [2.05, 4.69) is 16.0 Å². The van der Waals surface area contributed by atoms with Crippen LogP contribution in [0.15, 0.2) is 36.4 Å². The number of ether oxygens (including phenoxy) is 3. The second-order valence-electron chi connectivity index (χ2n) is 7.50. The van der Waals surface area contributed by atoms with Crippen LogP contribution < -0.4 is 25.4 Å². The first-order valence-corrected chi connectivity index (χ1v) is 11.4. The van der Waals surface area contributed by atoms with E-state index in [4.69, 9.17) is 26.4 Å². The van der Waals surface area contributed by atoms with Crippen molar-refractivity contribution in [1.29, 1.82) is 0 Å². The summed E-state index contributed by atoms with van der Waals surface area (Å²) in [6.07, 6.45) is 2.29. The van der Waals surface area contributed by atoms with Crippen LogP contribution in [0.1, 0.15) is 42.6 Å². The smallest absolute Gasteiger partial charge is 0.255 e. The van der Waals surface area contributed by atoms with Crippen molar-refractivity contribution < 1.29 is 19.0 Å². The number of hydrogen-bond donors (Lipinski definition) is 3. The first-order chi connectivity index (χ1) is 15.5. The normalized spacial score (nSPS) is 15.2. The van der Waals surface area contributed by atoms with Crippen LogP contribution in [-0.4, -0.2) is 43.5 Å². The zero-order valence-electron chi connectivity index (χ0n) is 18.8. The zero-order chi connectivity index (χ0) is 22.9. The molecule has 0 aromatic heterocycles. The number of anilines is 2. The lowest BCUT2D eigenvalue weighted by atomic mass is 10.1. The fraction of sp³-hybridized carbons (Fsp3) is 0.417. The molecule has 1 amide bonds. The third kappa shape index (κ3) is 6.58. The Labute approximate surface area is 194 Å². The Balaban J connectivity index is 1.78. The molecule has 2 aromatic rings. The van der Waals surface area contributed by atoms with Gasteiger partial charge in [-0.25, -0.2) is 0 Å². The van der Waals surface area contributed by atoms with Gasteiger partial charge in [-0.1, -0.05) is 17.7 Å². The second kappa shape index (κ2) is 11.7. The molecule has 1 aliphatic heterocycles. The molecule has 0 aliphatic carbocycles. The third-order valence-corrected chi connectivity index (χ3v) is 5.25. The van der Waals surface area contributed by atoms with E-state index in [1.54, 1.807) is 24.3 Å². The highest BCUT2D eigenvalue weighted by Gasteiger charge is 2.18. The maximum absolute atomic E-state index is 12.8. The van der Waals surface area contributed by atoms with Crippen molar-refractivity contribution in [3.05, 3.63) is 47.5 Å². The molecule has 172 valence electrons. The number of hydrogen-bond acceptors (Lipinski definition) is 5. The van der Waals surface area contributed by atoms with Crippen molar-refractivity contribution in [1.82, 2.24) is 5.32 Å². The van der Waals surface area contributed by atoms with E-state index in [1.165, 1.54) is 0 Å². The topological polar surface area (TPSA) is 80.8 Å². The average molecular weight is 458 g/mol. The number of amides is 1. The minimum atomic E-state index is -0.220. The van der Waals surface area contributed by atoms with Gasteiger partial charge in [0.15, 0.2) is 5.11 Å². The highest BCUT2D eigenvalue weighted by molar-refractivity contribution is 7.80. The highest BCUT2D eigenvalue weighted by atomic mass is 32.1. The monoisotopic (exact) mass is 457 g/mol. The number of thiocarbonyl (C=S) groups is 1. The van der Waals surface area contributed by atoms with E-state index in [-0.39, 0.29) is 12.0 Å². The molecule has 1 fully saturated rings. The van der Waals surface area contributed by atoms with Crippen molar-refractivity contribution in [3.63, 3.8) is 0 Å². The van der Waals surface area contributed by atoms with Crippen LogP contribution in [-0.2, 0) is 4.74 Å². The van der Waals surface area contributed by atoms with E-state index in [0.29, 0.717) is 53.3 Å². The number of nitrogens with one attached hydrogen (secondary N) is 3. The van der Waals surface area contributed by atoms with E-state index in [9.17, 15) is 4.79 Å². The Kier molecular flexibility index (Phi) is 8.70. The van der Waals surface area contributed by atoms with E-state index in [1.807, 2.05) is 32.9 Å². The molecule has 8 heteroatoms. The van der Waals surface area contributed by atoms with Gasteiger partial charge in [-0.05, 0) is 58.0 Å². The number of benzene rings is 2. The Bertz CT molecular complexity index is 928. The SMILES string of the molecule is CCOc1cc(NC(=S)NC[C@H]2CCCO2)c(OCC)cc1NC(=O)c1ccc(C)cc1.